The van der Waals surface area contributed by atoms with Gasteiger partial charge in [0.2, 0.25) is 0 Å². The molecule has 0 radical (unpaired) electrons. The third-order valence-electron chi connectivity index (χ3n) is 2.62. The fourth-order valence-corrected chi connectivity index (χ4v) is 1.40. The van der Waals surface area contributed by atoms with Gasteiger partial charge in [0.05, 0.1) is 7.11 Å². The maximum Gasteiger partial charge on any atom is 0.322 e. The summed E-state index contributed by atoms with van der Waals surface area (Å²) in [6.45, 7) is 2.51. The maximum atomic E-state index is 11.3. The number of esters is 1. The van der Waals surface area contributed by atoms with Gasteiger partial charge in [-0.2, -0.15) is 0 Å². The van der Waals surface area contributed by atoms with Gasteiger partial charge in [-0.1, -0.05) is 12.1 Å². The van der Waals surface area contributed by atoms with Crippen molar-refractivity contribution in [1.82, 2.24) is 4.90 Å². The van der Waals surface area contributed by atoms with Crippen molar-refractivity contribution in [3.05, 3.63) is 29.8 Å². The normalized spacial score (nSPS) is 12.5. The van der Waals surface area contributed by atoms with Gasteiger partial charge in [-0.05, 0) is 31.7 Å². The summed E-state index contributed by atoms with van der Waals surface area (Å²) in [5, 5.41) is 0. The molecule has 0 aromatic heterocycles. The number of rotatable bonds is 4. The Morgan fingerprint density at radius 3 is 2.50 bits per heavy atom. The molecule has 1 atom stereocenters. The highest BCUT2D eigenvalue weighted by Gasteiger charge is 2.18. The topological polar surface area (TPSA) is 55.6 Å². The van der Waals surface area contributed by atoms with Gasteiger partial charge < -0.3 is 10.5 Å². The predicted octanol–water partition coefficient (Wildman–Crippen LogP) is 1.26. The van der Waals surface area contributed by atoms with E-state index in [2.05, 4.69) is 4.74 Å². The first kappa shape index (κ1) is 12.5. The van der Waals surface area contributed by atoms with Gasteiger partial charge in [-0.3, -0.25) is 9.69 Å². The molecule has 16 heavy (non-hydrogen) atoms. The highest BCUT2D eigenvalue weighted by Crippen LogP contribution is 2.09. The molecule has 0 aliphatic carbocycles. The summed E-state index contributed by atoms with van der Waals surface area (Å²) in [6.07, 6.45) is 0. The molecule has 2 N–H and O–H groups in total. The Balaban J connectivity index is 2.60. The standard InChI is InChI=1S/C12H18N2O2/c1-9(12(15)16-3)14(2)8-10-4-6-11(13)7-5-10/h4-7,9H,8,13H2,1-3H3. The van der Waals surface area contributed by atoms with E-state index in [4.69, 9.17) is 5.73 Å². The second kappa shape index (κ2) is 5.51. The Morgan fingerprint density at radius 2 is 2.00 bits per heavy atom. The zero-order chi connectivity index (χ0) is 12.1. The van der Waals surface area contributed by atoms with E-state index in [1.165, 1.54) is 7.11 Å². The number of carbonyl (C=O) groups excluding carboxylic acids is 1. The first-order valence-corrected chi connectivity index (χ1v) is 5.17. The monoisotopic (exact) mass is 222 g/mol. The second-order valence-electron chi connectivity index (χ2n) is 3.86. The van der Waals surface area contributed by atoms with E-state index < -0.39 is 0 Å². The van der Waals surface area contributed by atoms with Gasteiger partial charge in [0.25, 0.3) is 0 Å². The van der Waals surface area contributed by atoms with Crippen molar-refractivity contribution in [1.29, 1.82) is 0 Å². The fourth-order valence-electron chi connectivity index (χ4n) is 1.40. The van der Waals surface area contributed by atoms with Crippen molar-refractivity contribution >= 4 is 11.7 Å². The van der Waals surface area contributed by atoms with E-state index in [1.54, 1.807) is 0 Å². The molecule has 0 fully saturated rings. The molecule has 0 aliphatic rings. The summed E-state index contributed by atoms with van der Waals surface area (Å²) in [5.74, 6) is -0.224. The lowest BCUT2D eigenvalue weighted by molar-refractivity contribution is -0.145. The zero-order valence-electron chi connectivity index (χ0n) is 9.93. The summed E-state index contributed by atoms with van der Waals surface area (Å²) in [7, 11) is 3.29. The molecule has 0 heterocycles. The van der Waals surface area contributed by atoms with E-state index >= 15 is 0 Å². The van der Waals surface area contributed by atoms with Gasteiger partial charge in [-0.15, -0.1) is 0 Å². The predicted molar refractivity (Wildman–Crippen MR) is 63.8 cm³/mol. The lowest BCUT2D eigenvalue weighted by Crippen LogP contribution is -2.36. The number of benzene rings is 1. The van der Waals surface area contributed by atoms with Gasteiger partial charge >= 0.3 is 5.97 Å². The van der Waals surface area contributed by atoms with Crippen LogP contribution in [0.5, 0.6) is 0 Å². The highest BCUT2D eigenvalue weighted by atomic mass is 16.5. The summed E-state index contributed by atoms with van der Waals surface area (Å²) in [5.41, 5.74) is 7.46. The molecule has 0 saturated heterocycles. The number of hydrogen-bond acceptors (Lipinski definition) is 4. The highest BCUT2D eigenvalue weighted by molar-refractivity contribution is 5.75. The number of likely N-dealkylation sites (N-methyl/N-ethyl adjacent to an activating group) is 1. The van der Waals surface area contributed by atoms with Crippen molar-refractivity contribution in [2.45, 2.75) is 19.5 Å². The molecule has 4 heteroatoms. The van der Waals surface area contributed by atoms with E-state index in [0.717, 1.165) is 11.3 Å². The van der Waals surface area contributed by atoms with Crippen LogP contribution in [-0.4, -0.2) is 31.1 Å². The minimum Gasteiger partial charge on any atom is -0.468 e. The molecule has 0 bridgehead atoms. The Kier molecular flexibility index (Phi) is 4.31. The summed E-state index contributed by atoms with van der Waals surface area (Å²) >= 11 is 0. The Hall–Kier alpha value is -1.55. The first-order chi connectivity index (χ1) is 7.54. The number of nitrogens with zero attached hydrogens (tertiary/aromatic N) is 1. The fraction of sp³-hybridized carbons (Fsp3) is 0.417. The molecule has 1 aromatic rings. The van der Waals surface area contributed by atoms with E-state index in [0.29, 0.717) is 6.54 Å². The van der Waals surface area contributed by atoms with Crippen LogP contribution < -0.4 is 5.73 Å². The molecule has 1 aromatic carbocycles. The minimum absolute atomic E-state index is 0.224. The van der Waals surface area contributed by atoms with E-state index in [9.17, 15) is 4.79 Å². The molecule has 1 unspecified atom stereocenters. The zero-order valence-corrected chi connectivity index (χ0v) is 9.93. The molecule has 4 nitrogen and oxygen atoms in total. The smallest absolute Gasteiger partial charge is 0.322 e. The average Bonchev–Trinajstić information content (AvgIpc) is 2.30. The number of nitrogens with two attached hydrogens (primary N) is 1. The lowest BCUT2D eigenvalue weighted by Gasteiger charge is -2.22. The number of ether oxygens (including phenoxy) is 1. The summed E-state index contributed by atoms with van der Waals surface area (Å²) < 4.78 is 4.69. The Labute approximate surface area is 96.0 Å². The van der Waals surface area contributed by atoms with E-state index in [1.807, 2.05) is 43.1 Å². The van der Waals surface area contributed by atoms with Gasteiger partial charge in [0.1, 0.15) is 6.04 Å². The number of anilines is 1. The SMILES string of the molecule is COC(=O)C(C)N(C)Cc1ccc(N)cc1. The van der Waals surface area contributed by atoms with Crippen LogP contribution in [0, 0.1) is 0 Å². The number of methoxy groups -OCH3 is 1. The number of nitrogen functional groups attached to an aromatic ring is 1. The molecular weight excluding hydrogens is 204 g/mol. The molecule has 88 valence electrons. The second-order valence-corrected chi connectivity index (χ2v) is 3.86. The largest absolute Gasteiger partial charge is 0.468 e. The molecule has 0 spiro atoms. The van der Waals surface area contributed by atoms with Crippen LogP contribution in [0.3, 0.4) is 0 Å². The number of hydrogen-bond donors (Lipinski definition) is 1. The van der Waals surface area contributed by atoms with Crippen molar-refractivity contribution < 1.29 is 9.53 Å². The summed E-state index contributed by atoms with van der Waals surface area (Å²) in [4.78, 5) is 13.2. The van der Waals surface area contributed by atoms with Crippen LogP contribution >= 0.6 is 0 Å². The molecule has 0 aliphatic heterocycles. The molecular formula is C12H18N2O2. The van der Waals surface area contributed by atoms with Crippen LogP contribution in [0.4, 0.5) is 5.69 Å². The average molecular weight is 222 g/mol. The van der Waals surface area contributed by atoms with Crippen molar-refractivity contribution in [2.24, 2.45) is 0 Å². The van der Waals surface area contributed by atoms with Crippen LogP contribution in [0.1, 0.15) is 12.5 Å². The van der Waals surface area contributed by atoms with Crippen molar-refractivity contribution in [3.8, 4) is 0 Å². The van der Waals surface area contributed by atoms with Crippen molar-refractivity contribution in [3.63, 3.8) is 0 Å². The van der Waals surface area contributed by atoms with Crippen LogP contribution in [-0.2, 0) is 16.1 Å². The summed E-state index contributed by atoms with van der Waals surface area (Å²) in [6, 6.07) is 7.37. The minimum atomic E-state index is -0.248. The lowest BCUT2D eigenvalue weighted by atomic mass is 10.2. The quantitative estimate of drug-likeness (QED) is 0.615. The molecule has 1 rings (SSSR count). The van der Waals surface area contributed by atoms with Gasteiger partial charge in [0.15, 0.2) is 0 Å². The molecule has 0 saturated carbocycles. The Bertz CT molecular complexity index is 349. The van der Waals surface area contributed by atoms with E-state index in [-0.39, 0.29) is 12.0 Å². The maximum absolute atomic E-state index is 11.3. The van der Waals surface area contributed by atoms with Crippen LogP contribution in [0.15, 0.2) is 24.3 Å². The Morgan fingerprint density at radius 1 is 1.44 bits per heavy atom. The third kappa shape index (κ3) is 3.24. The molecule has 0 amide bonds. The number of carbonyl (C=O) groups is 1. The first-order valence-electron chi connectivity index (χ1n) is 5.17. The van der Waals surface area contributed by atoms with Crippen LogP contribution in [0.2, 0.25) is 0 Å². The van der Waals surface area contributed by atoms with Crippen LogP contribution in [0.25, 0.3) is 0 Å². The van der Waals surface area contributed by atoms with Crippen molar-refractivity contribution in [2.75, 3.05) is 19.9 Å². The van der Waals surface area contributed by atoms with Gasteiger partial charge in [0, 0.05) is 12.2 Å². The third-order valence-corrected chi connectivity index (χ3v) is 2.62. The van der Waals surface area contributed by atoms with Gasteiger partial charge in [-0.25, -0.2) is 0 Å².